The highest BCUT2D eigenvalue weighted by Gasteiger charge is 2.42. The Hall–Kier alpha value is -2.97. The van der Waals surface area contributed by atoms with Crippen molar-refractivity contribution in [2.75, 3.05) is 5.73 Å². The first-order chi connectivity index (χ1) is 15.5. The van der Waals surface area contributed by atoms with E-state index in [0.29, 0.717) is 29.9 Å². The van der Waals surface area contributed by atoms with Crippen LogP contribution in [0.4, 0.5) is 5.69 Å². The molecule has 8 heteroatoms. The highest BCUT2D eigenvalue weighted by atomic mass is 28.3. The Balaban J connectivity index is 1.77. The third kappa shape index (κ3) is 3.48. The van der Waals surface area contributed by atoms with Crippen LogP contribution in [0.3, 0.4) is 0 Å². The summed E-state index contributed by atoms with van der Waals surface area (Å²) in [7, 11) is -1.33. The van der Waals surface area contributed by atoms with Crippen molar-refractivity contribution in [3.8, 4) is 17.1 Å². The van der Waals surface area contributed by atoms with Crippen LogP contribution in [0.5, 0.6) is 5.75 Å². The number of rotatable bonds is 4. The summed E-state index contributed by atoms with van der Waals surface area (Å²) in [5.74, 6) is -0.653. The van der Waals surface area contributed by atoms with Gasteiger partial charge in [0.25, 0.3) is 5.56 Å². The van der Waals surface area contributed by atoms with Gasteiger partial charge in [-0.15, -0.1) is 0 Å². The zero-order chi connectivity index (χ0) is 23.7. The second-order valence-corrected chi connectivity index (χ2v) is 16.1. The van der Waals surface area contributed by atoms with Crippen LogP contribution in [0.1, 0.15) is 36.5 Å². The summed E-state index contributed by atoms with van der Waals surface area (Å²) in [5, 5.41) is 12.2. The number of nitrogens with zero attached hydrogens (tertiary/aromatic N) is 2. The topological polar surface area (TPSA) is 107 Å². The second kappa shape index (κ2) is 7.26. The van der Waals surface area contributed by atoms with Crippen molar-refractivity contribution in [2.24, 2.45) is 0 Å². The fourth-order valence-corrected chi connectivity index (χ4v) is 5.94. The van der Waals surface area contributed by atoms with E-state index in [4.69, 9.17) is 15.5 Å². The molecule has 172 valence electrons. The van der Waals surface area contributed by atoms with E-state index in [-0.39, 0.29) is 12.2 Å². The Morgan fingerprint density at radius 3 is 2.70 bits per heavy atom. The number of ether oxygens (including phenoxy) is 1. The predicted molar refractivity (Wildman–Crippen MR) is 131 cm³/mol. The van der Waals surface area contributed by atoms with Gasteiger partial charge in [0, 0.05) is 30.3 Å². The average Bonchev–Trinajstić information content (AvgIpc) is 3.10. The fourth-order valence-electron chi connectivity index (χ4n) is 4.94. The van der Waals surface area contributed by atoms with E-state index in [1.807, 2.05) is 18.2 Å². The molecule has 5 rings (SSSR count). The lowest BCUT2D eigenvalue weighted by atomic mass is 9.85. The quantitative estimate of drug-likeness (QED) is 0.271. The lowest BCUT2D eigenvalue weighted by Crippen LogP contribution is -2.39. The molecule has 3 N–H and O–H groups in total. The van der Waals surface area contributed by atoms with Crippen molar-refractivity contribution >= 4 is 30.6 Å². The van der Waals surface area contributed by atoms with Gasteiger partial charge in [-0.05, 0) is 42.7 Å². The van der Waals surface area contributed by atoms with E-state index in [9.17, 15) is 14.7 Å². The van der Waals surface area contributed by atoms with Crippen molar-refractivity contribution in [3.63, 3.8) is 0 Å². The SMILES string of the molecule is CC[C@@]1(O)CC(=O)Oc2c1cc1n(c2=O)Cc2c-1nc1ccc(N)cc1c2CC[Si](C)(C)C. The second-order valence-electron chi connectivity index (χ2n) is 10.5. The Morgan fingerprint density at radius 1 is 1.24 bits per heavy atom. The van der Waals surface area contributed by atoms with Crippen molar-refractivity contribution in [3.05, 3.63) is 51.3 Å². The van der Waals surface area contributed by atoms with Crippen LogP contribution in [0.25, 0.3) is 22.3 Å². The highest BCUT2D eigenvalue weighted by Crippen LogP contribution is 2.43. The normalized spacial score (nSPS) is 19.2. The van der Waals surface area contributed by atoms with Gasteiger partial charge in [0.15, 0.2) is 0 Å². The highest BCUT2D eigenvalue weighted by molar-refractivity contribution is 6.76. The molecule has 0 saturated carbocycles. The minimum absolute atomic E-state index is 0.0652. The summed E-state index contributed by atoms with van der Waals surface area (Å²) in [4.78, 5) is 30.5. The largest absolute Gasteiger partial charge is 0.420 e. The molecule has 2 aliphatic heterocycles. The summed E-state index contributed by atoms with van der Waals surface area (Å²) in [6.07, 6.45) is 1.02. The number of nitrogen functional groups attached to an aromatic ring is 1. The molecule has 3 aromatic rings. The maximum atomic E-state index is 13.4. The number of aliphatic hydroxyl groups is 1. The number of esters is 1. The first-order valence-corrected chi connectivity index (χ1v) is 15.1. The molecule has 0 fully saturated rings. The number of nitrogens with two attached hydrogens (primary N) is 1. The minimum Gasteiger partial charge on any atom is -0.420 e. The maximum Gasteiger partial charge on any atom is 0.314 e. The van der Waals surface area contributed by atoms with Gasteiger partial charge in [-0.25, -0.2) is 4.98 Å². The van der Waals surface area contributed by atoms with Crippen LogP contribution >= 0.6 is 0 Å². The summed E-state index contributed by atoms with van der Waals surface area (Å²) in [5.41, 5.74) is 9.79. The number of carbonyl (C=O) groups excluding carboxylic acids is 1. The van der Waals surface area contributed by atoms with Crippen molar-refractivity contribution in [1.29, 1.82) is 0 Å². The molecule has 0 unspecified atom stereocenters. The summed E-state index contributed by atoms with van der Waals surface area (Å²) in [6, 6.07) is 8.62. The zero-order valence-corrected chi connectivity index (χ0v) is 20.5. The van der Waals surface area contributed by atoms with Crippen molar-refractivity contribution < 1.29 is 14.6 Å². The van der Waals surface area contributed by atoms with Crippen LogP contribution in [0.15, 0.2) is 29.1 Å². The van der Waals surface area contributed by atoms with E-state index < -0.39 is 25.2 Å². The number of pyridine rings is 2. The first kappa shape index (κ1) is 21.9. The Bertz CT molecular complexity index is 1390. The lowest BCUT2D eigenvalue weighted by Gasteiger charge is -2.32. The third-order valence-corrected chi connectivity index (χ3v) is 8.66. The summed E-state index contributed by atoms with van der Waals surface area (Å²) >= 11 is 0. The van der Waals surface area contributed by atoms with E-state index in [1.165, 1.54) is 5.56 Å². The van der Waals surface area contributed by atoms with Crippen LogP contribution in [0, 0.1) is 0 Å². The molecular formula is C25H29N3O4Si. The molecular weight excluding hydrogens is 434 g/mol. The molecule has 0 spiro atoms. The zero-order valence-electron chi connectivity index (χ0n) is 19.5. The Kier molecular flexibility index (Phi) is 4.81. The number of hydrogen-bond donors (Lipinski definition) is 2. The van der Waals surface area contributed by atoms with Gasteiger partial charge in [-0.3, -0.25) is 14.2 Å². The van der Waals surface area contributed by atoms with Crippen LogP contribution < -0.4 is 16.0 Å². The molecule has 2 aromatic heterocycles. The summed E-state index contributed by atoms with van der Waals surface area (Å²) < 4.78 is 6.95. The molecule has 1 aromatic carbocycles. The third-order valence-electron chi connectivity index (χ3n) is 6.91. The Morgan fingerprint density at radius 2 is 2.00 bits per heavy atom. The number of anilines is 1. The van der Waals surface area contributed by atoms with Crippen LogP contribution in [-0.4, -0.2) is 28.7 Å². The van der Waals surface area contributed by atoms with Crippen LogP contribution in [0.2, 0.25) is 25.7 Å². The van der Waals surface area contributed by atoms with Gasteiger partial charge < -0.3 is 15.6 Å². The molecule has 0 amide bonds. The number of carbonyl (C=O) groups is 1. The van der Waals surface area contributed by atoms with Gasteiger partial charge in [-0.1, -0.05) is 32.6 Å². The van der Waals surface area contributed by atoms with Gasteiger partial charge in [0.05, 0.1) is 29.9 Å². The molecule has 0 bridgehead atoms. The van der Waals surface area contributed by atoms with E-state index in [1.54, 1.807) is 17.6 Å². The molecule has 4 heterocycles. The number of fused-ring (bicyclic) bond motifs is 5. The minimum atomic E-state index is -1.42. The van der Waals surface area contributed by atoms with E-state index >= 15 is 0 Å². The van der Waals surface area contributed by atoms with Crippen molar-refractivity contribution in [1.82, 2.24) is 9.55 Å². The number of benzene rings is 1. The lowest BCUT2D eigenvalue weighted by molar-refractivity contribution is -0.143. The molecule has 0 saturated heterocycles. The smallest absolute Gasteiger partial charge is 0.314 e. The Labute approximate surface area is 193 Å². The van der Waals surface area contributed by atoms with Gasteiger partial charge in [0.1, 0.15) is 5.60 Å². The summed E-state index contributed by atoms with van der Waals surface area (Å²) in [6.45, 7) is 9.19. The average molecular weight is 464 g/mol. The molecule has 1 atom stereocenters. The number of aromatic nitrogens is 2. The standard InChI is InChI=1S/C25H29N3O4Si/c1-5-25(31)12-21(29)32-23-18(25)11-20-22-17(13-28(20)24(23)30)15(8-9-33(2,3)4)16-10-14(26)6-7-19(16)27-22/h6-7,10-11,31H,5,8-9,12-13,26H2,1-4H3/t25-/m1/s1. The molecule has 2 aliphatic rings. The first-order valence-electron chi connectivity index (χ1n) is 11.4. The monoisotopic (exact) mass is 463 g/mol. The van der Waals surface area contributed by atoms with Gasteiger partial charge in [0.2, 0.25) is 5.75 Å². The molecule has 0 aliphatic carbocycles. The van der Waals surface area contributed by atoms with Gasteiger partial charge in [-0.2, -0.15) is 0 Å². The number of aryl methyl sites for hydroxylation is 1. The van der Waals surface area contributed by atoms with E-state index in [2.05, 4.69) is 19.6 Å². The molecule has 33 heavy (non-hydrogen) atoms. The van der Waals surface area contributed by atoms with Crippen LogP contribution in [-0.2, 0) is 23.4 Å². The number of hydrogen-bond acceptors (Lipinski definition) is 6. The molecule has 0 radical (unpaired) electrons. The fraction of sp³-hybridized carbons (Fsp3) is 0.400. The maximum absolute atomic E-state index is 13.4. The predicted octanol–water partition coefficient (Wildman–Crippen LogP) is 3.79. The van der Waals surface area contributed by atoms with E-state index in [0.717, 1.165) is 34.6 Å². The van der Waals surface area contributed by atoms with Gasteiger partial charge >= 0.3 is 5.97 Å². The molecule has 7 nitrogen and oxygen atoms in total. The van der Waals surface area contributed by atoms with Crippen molar-refractivity contribution in [2.45, 2.75) is 64.0 Å².